The van der Waals surface area contributed by atoms with Gasteiger partial charge in [-0.2, -0.15) is 18.4 Å². The van der Waals surface area contributed by atoms with Gasteiger partial charge in [-0.15, -0.1) is 0 Å². The third-order valence-electron chi connectivity index (χ3n) is 5.48. The van der Waals surface area contributed by atoms with Crippen molar-refractivity contribution in [3.05, 3.63) is 98.5 Å². The van der Waals surface area contributed by atoms with Gasteiger partial charge in [0.2, 0.25) is 0 Å². The van der Waals surface area contributed by atoms with Crippen LogP contribution in [0.4, 0.5) is 22.0 Å². The predicted octanol–water partition coefficient (Wildman–Crippen LogP) is 7.04. The Morgan fingerprint density at radius 2 is 1.84 bits per heavy atom. The van der Waals surface area contributed by atoms with E-state index in [0.29, 0.717) is 40.6 Å². The van der Waals surface area contributed by atoms with Crippen molar-refractivity contribution in [3.8, 4) is 34.4 Å². The Kier molecular flexibility index (Phi) is 7.09. The van der Waals surface area contributed by atoms with Crippen LogP contribution < -0.4 is 10.3 Å². The van der Waals surface area contributed by atoms with Gasteiger partial charge in [0.1, 0.15) is 29.0 Å². The first-order valence-electron chi connectivity index (χ1n) is 10.7. The van der Waals surface area contributed by atoms with E-state index in [-0.39, 0.29) is 17.0 Å². The van der Waals surface area contributed by atoms with Crippen molar-refractivity contribution in [1.29, 1.82) is 5.26 Å². The average Bonchev–Trinajstić information content (AvgIpc) is 3.32. The largest absolute Gasteiger partial charge is 0.492 e. The van der Waals surface area contributed by atoms with Gasteiger partial charge in [0, 0.05) is 17.2 Å². The Morgan fingerprint density at radius 1 is 1.08 bits per heavy atom. The van der Waals surface area contributed by atoms with Crippen molar-refractivity contribution < 1.29 is 31.1 Å². The molecule has 0 fully saturated rings. The van der Waals surface area contributed by atoms with Crippen molar-refractivity contribution in [1.82, 2.24) is 4.57 Å². The highest BCUT2D eigenvalue weighted by atomic mass is 35.5. The molecule has 190 valence electrons. The van der Waals surface area contributed by atoms with E-state index in [0.717, 1.165) is 16.7 Å². The fourth-order valence-electron chi connectivity index (χ4n) is 3.73. The number of aromatic nitrogens is 1. The number of halogens is 6. The molecular formula is C26H16ClF5N2O3. The highest BCUT2D eigenvalue weighted by Crippen LogP contribution is 2.37. The minimum atomic E-state index is -5.03. The lowest BCUT2D eigenvalue weighted by Crippen LogP contribution is -2.29. The maximum absolute atomic E-state index is 14.4. The topological polar surface area (TPSA) is 68.2 Å². The standard InChI is InChI=1S/C26H16ClF5N2O3/c1-2-36-23-6-4-14(7-20(23)27)16-8-24(37-13-16)22-10-19(26(30,31)32)18(11-33)25(35)34(22)12-15-3-5-17(28)9-21(15)29/h3-10,13H,2,12H2,1H3. The summed E-state index contributed by atoms with van der Waals surface area (Å²) in [5.41, 5.74) is -3.51. The van der Waals surface area contributed by atoms with Crippen LogP contribution in [0.15, 0.2) is 64.0 Å². The smallest absolute Gasteiger partial charge is 0.417 e. The van der Waals surface area contributed by atoms with Gasteiger partial charge >= 0.3 is 6.18 Å². The second kappa shape index (κ2) is 10.1. The summed E-state index contributed by atoms with van der Waals surface area (Å²) in [6.45, 7) is 1.59. The number of nitrogens with zero attached hydrogens (tertiary/aromatic N) is 2. The third-order valence-corrected chi connectivity index (χ3v) is 5.77. The van der Waals surface area contributed by atoms with Crippen molar-refractivity contribution in [2.75, 3.05) is 6.61 Å². The summed E-state index contributed by atoms with van der Waals surface area (Å²) in [7, 11) is 0. The van der Waals surface area contributed by atoms with Gasteiger partial charge < -0.3 is 9.15 Å². The number of furan rings is 1. The van der Waals surface area contributed by atoms with Gasteiger partial charge in [0.15, 0.2) is 5.76 Å². The number of hydrogen-bond acceptors (Lipinski definition) is 4. The molecule has 0 spiro atoms. The molecule has 4 rings (SSSR count). The zero-order chi connectivity index (χ0) is 26.9. The van der Waals surface area contributed by atoms with Crippen molar-refractivity contribution in [2.24, 2.45) is 0 Å². The van der Waals surface area contributed by atoms with Crippen molar-refractivity contribution >= 4 is 11.6 Å². The Labute approximate surface area is 211 Å². The molecular weight excluding hydrogens is 519 g/mol. The summed E-state index contributed by atoms with van der Waals surface area (Å²) in [4.78, 5) is 13.0. The first-order chi connectivity index (χ1) is 17.5. The number of rotatable bonds is 6. The molecule has 0 N–H and O–H groups in total. The number of benzene rings is 2. The molecule has 4 aromatic rings. The van der Waals surface area contributed by atoms with Gasteiger partial charge in [-0.3, -0.25) is 9.36 Å². The second-order valence-corrected chi connectivity index (χ2v) is 8.24. The van der Waals surface area contributed by atoms with Crippen LogP contribution in [-0.2, 0) is 12.7 Å². The highest BCUT2D eigenvalue weighted by Gasteiger charge is 2.37. The average molecular weight is 535 g/mol. The minimum absolute atomic E-state index is 0.158. The quantitative estimate of drug-likeness (QED) is 0.249. The molecule has 0 aliphatic rings. The lowest BCUT2D eigenvalue weighted by atomic mass is 10.0. The van der Waals surface area contributed by atoms with E-state index >= 15 is 0 Å². The first-order valence-corrected chi connectivity index (χ1v) is 11.1. The van der Waals surface area contributed by atoms with E-state index in [9.17, 15) is 32.0 Å². The predicted molar refractivity (Wildman–Crippen MR) is 125 cm³/mol. The molecule has 2 heterocycles. The normalized spacial score (nSPS) is 11.4. The van der Waals surface area contributed by atoms with Crippen molar-refractivity contribution in [3.63, 3.8) is 0 Å². The van der Waals surface area contributed by atoms with E-state index in [1.807, 2.05) is 0 Å². The fraction of sp³-hybridized carbons (Fsp3) is 0.154. The van der Waals surface area contributed by atoms with Crippen LogP contribution in [-0.4, -0.2) is 11.2 Å². The molecule has 0 radical (unpaired) electrons. The molecule has 37 heavy (non-hydrogen) atoms. The van der Waals surface area contributed by atoms with Crippen LogP contribution >= 0.6 is 11.6 Å². The number of pyridine rings is 1. The van der Waals surface area contributed by atoms with Gasteiger partial charge in [0.25, 0.3) is 5.56 Å². The summed E-state index contributed by atoms with van der Waals surface area (Å²) in [6.07, 6.45) is -3.78. The molecule has 0 unspecified atom stereocenters. The third kappa shape index (κ3) is 5.22. The summed E-state index contributed by atoms with van der Waals surface area (Å²) in [5.74, 6) is -1.60. The molecule has 2 aromatic heterocycles. The summed E-state index contributed by atoms with van der Waals surface area (Å²) < 4.78 is 80.6. The van der Waals surface area contributed by atoms with E-state index in [1.165, 1.54) is 18.4 Å². The van der Waals surface area contributed by atoms with Crippen LogP contribution in [0.1, 0.15) is 23.6 Å². The number of ether oxygens (including phenoxy) is 1. The van der Waals surface area contributed by atoms with E-state index in [4.69, 9.17) is 20.8 Å². The maximum atomic E-state index is 14.4. The molecule has 0 atom stereocenters. The summed E-state index contributed by atoms with van der Waals surface area (Å²) in [5, 5.41) is 9.61. The second-order valence-electron chi connectivity index (χ2n) is 7.83. The Bertz CT molecular complexity index is 1580. The summed E-state index contributed by atoms with van der Waals surface area (Å²) >= 11 is 6.23. The lowest BCUT2D eigenvalue weighted by molar-refractivity contribution is -0.137. The lowest BCUT2D eigenvalue weighted by Gasteiger charge is -2.16. The summed E-state index contributed by atoms with van der Waals surface area (Å²) in [6, 6.07) is 10.7. The molecule has 5 nitrogen and oxygen atoms in total. The number of alkyl halides is 3. The highest BCUT2D eigenvalue weighted by molar-refractivity contribution is 6.32. The molecule has 0 aliphatic carbocycles. The molecule has 0 aliphatic heterocycles. The molecule has 2 aromatic carbocycles. The fourth-order valence-corrected chi connectivity index (χ4v) is 3.97. The van der Waals surface area contributed by atoms with Crippen molar-refractivity contribution in [2.45, 2.75) is 19.6 Å². The van der Waals surface area contributed by atoms with E-state index in [2.05, 4.69) is 0 Å². The Hall–Kier alpha value is -4.10. The van der Waals surface area contributed by atoms with Crippen LogP contribution in [0.5, 0.6) is 5.75 Å². The zero-order valence-corrected chi connectivity index (χ0v) is 19.8. The zero-order valence-electron chi connectivity index (χ0n) is 19.0. The van der Waals surface area contributed by atoms with Gasteiger partial charge in [-0.05, 0) is 42.8 Å². The molecule has 11 heteroatoms. The SMILES string of the molecule is CCOc1ccc(-c2coc(-c3cc(C(F)(F)F)c(C#N)c(=O)n3Cc3ccc(F)cc3F)c2)cc1Cl. The number of nitriles is 1. The first kappa shape index (κ1) is 26.0. The molecule has 0 saturated heterocycles. The van der Waals surface area contributed by atoms with Gasteiger partial charge in [0.05, 0.1) is 35.7 Å². The molecule has 0 amide bonds. The van der Waals surface area contributed by atoms with Crippen LogP contribution in [0.2, 0.25) is 5.02 Å². The van der Waals surface area contributed by atoms with E-state index in [1.54, 1.807) is 25.1 Å². The van der Waals surface area contributed by atoms with Gasteiger partial charge in [-0.25, -0.2) is 8.78 Å². The van der Waals surface area contributed by atoms with Crippen LogP contribution in [0.25, 0.3) is 22.6 Å². The van der Waals surface area contributed by atoms with E-state index < -0.39 is 41.0 Å². The molecule has 0 bridgehead atoms. The number of hydrogen-bond donors (Lipinski definition) is 0. The monoisotopic (exact) mass is 534 g/mol. The molecule has 0 saturated carbocycles. The Balaban J connectivity index is 1.89. The van der Waals surface area contributed by atoms with Gasteiger partial charge in [-0.1, -0.05) is 23.7 Å². The maximum Gasteiger partial charge on any atom is 0.417 e. The van der Waals surface area contributed by atoms with Crippen LogP contribution in [0.3, 0.4) is 0 Å². The minimum Gasteiger partial charge on any atom is -0.492 e. The van der Waals surface area contributed by atoms with Crippen LogP contribution in [0, 0.1) is 23.0 Å². The Morgan fingerprint density at radius 3 is 2.46 bits per heavy atom.